The highest BCUT2D eigenvalue weighted by Crippen LogP contribution is 2.35. The highest BCUT2D eigenvalue weighted by molar-refractivity contribution is 7.98. The minimum atomic E-state index is -0.391. The molecule has 0 atom stereocenters. The Kier molecular flexibility index (Phi) is 7.31. The maximum absolute atomic E-state index is 12.2. The first-order valence-corrected chi connectivity index (χ1v) is 11.8. The van der Waals surface area contributed by atoms with Crippen LogP contribution >= 0.6 is 35.0 Å². The Morgan fingerprint density at radius 3 is 2.47 bits per heavy atom. The molecular formula is C21H20Cl2N6O2S. The predicted molar refractivity (Wildman–Crippen MR) is 129 cm³/mol. The fourth-order valence-electron chi connectivity index (χ4n) is 3.18. The van der Waals surface area contributed by atoms with Crippen LogP contribution in [-0.4, -0.2) is 53.5 Å². The van der Waals surface area contributed by atoms with E-state index in [1.54, 1.807) is 24.3 Å². The van der Waals surface area contributed by atoms with Crippen LogP contribution in [0.25, 0.3) is 11.4 Å². The fraction of sp³-hybridized carbons (Fsp3) is 0.238. The number of urea groups is 1. The zero-order valence-electron chi connectivity index (χ0n) is 17.1. The summed E-state index contributed by atoms with van der Waals surface area (Å²) in [4.78, 5) is 28.4. The second-order valence-corrected chi connectivity index (χ2v) is 8.38. The molecule has 3 aromatic rings. The molecule has 8 nitrogen and oxygen atoms in total. The van der Waals surface area contributed by atoms with Crippen LogP contribution in [0.5, 0.6) is 0 Å². The van der Waals surface area contributed by atoms with Crippen molar-refractivity contribution in [2.75, 3.05) is 48.1 Å². The maximum atomic E-state index is 12.2. The van der Waals surface area contributed by atoms with E-state index >= 15 is 0 Å². The number of ether oxygens (including phenoxy) is 1. The topological polar surface area (TPSA) is 92.3 Å². The number of nitrogens with one attached hydrogen (secondary N) is 2. The summed E-state index contributed by atoms with van der Waals surface area (Å²) in [6.45, 7) is 2.81. The lowest BCUT2D eigenvalue weighted by Gasteiger charge is -2.29. The molecular weight excluding hydrogens is 471 g/mol. The predicted octanol–water partition coefficient (Wildman–Crippen LogP) is 5.05. The lowest BCUT2D eigenvalue weighted by atomic mass is 10.2. The van der Waals surface area contributed by atoms with E-state index in [0.717, 1.165) is 29.4 Å². The van der Waals surface area contributed by atoms with Crippen LogP contribution in [0.1, 0.15) is 0 Å². The van der Waals surface area contributed by atoms with Crippen LogP contribution in [0.4, 0.5) is 22.0 Å². The number of carbonyl (C=O) groups is 1. The SMILES string of the molecule is CSc1c(Cl)nc(-c2ccc(NC(=O)Nc3ccnc(Cl)c3)cc2)nc1N1CCOCC1. The van der Waals surface area contributed by atoms with Crippen molar-refractivity contribution < 1.29 is 9.53 Å². The standard InChI is InChI=1S/C21H20Cl2N6O2S/c1-32-17-18(23)27-19(28-20(17)29-8-10-31-11-9-29)13-2-4-14(5-3-13)25-21(30)26-15-6-7-24-16(22)12-15/h2-7,12H,8-11H2,1H3,(H2,24,25,26,30). The number of rotatable bonds is 5. The summed E-state index contributed by atoms with van der Waals surface area (Å²) >= 11 is 13.8. The Balaban J connectivity index is 1.51. The number of halogens is 2. The van der Waals surface area contributed by atoms with E-state index in [2.05, 4.69) is 25.5 Å². The first-order valence-electron chi connectivity index (χ1n) is 9.77. The largest absolute Gasteiger partial charge is 0.378 e. The number of amides is 2. The van der Waals surface area contributed by atoms with Crippen LogP contribution in [0, 0.1) is 0 Å². The lowest BCUT2D eigenvalue weighted by Crippen LogP contribution is -2.37. The molecule has 2 N–H and O–H groups in total. The average Bonchev–Trinajstić information content (AvgIpc) is 2.79. The van der Waals surface area contributed by atoms with Gasteiger partial charge in [-0.2, -0.15) is 0 Å². The maximum Gasteiger partial charge on any atom is 0.323 e. The zero-order valence-corrected chi connectivity index (χ0v) is 19.5. The van der Waals surface area contributed by atoms with Crippen molar-refractivity contribution >= 4 is 58.2 Å². The molecule has 0 unspecified atom stereocenters. The Hall–Kier alpha value is -2.59. The summed E-state index contributed by atoms with van der Waals surface area (Å²) in [6.07, 6.45) is 3.48. The Morgan fingerprint density at radius 1 is 1.06 bits per heavy atom. The van der Waals surface area contributed by atoms with Crippen molar-refractivity contribution in [2.24, 2.45) is 0 Å². The highest BCUT2D eigenvalue weighted by Gasteiger charge is 2.21. The molecule has 0 spiro atoms. The van der Waals surface area contributed by atoms with Gasteiger partial charge in [0, 0.05) is 36.2 Å². The quantitative estimate of drug-likeness (QED) is 0.293. The van der Waals surface area contributed by atoms with Gasteiger partial charge in [0.15, 0.2) is 5.82 Å². The van der Waals surface area contributed by atoms with Crippen molar-refractivity contribution in [3.05, 3.63) is 52.9 Å². The smallest absolute Gasteiger partial charge is 0.323 e. The molecule has 0 bridgehead atoms. The first kappa shape index (κ1) is 22.6. The molecule has 0 radical (unpaired) electrons. The van der Waals surface area contributed by atoms with Crippen LogP contribution in [0.15, 0.2) is 47.5 Å². The number of hydrogen-bond donors (Lipinski definition) is 2. The molecule has 0 saturated carbocycles. The molecule has 1 aromatic carbocycles. The second kappa shape index (κ2) is 10.4. The van der Waals surface area contributed by atoms with Gasteiger partial charge in [0.2, 0.25) is 0 Å². The molecule has 32 heavy (non-hydrogen) atoms. The van der Waals surface area contributed by atoms with E-state index in [1.807, 2.05) is 18.4 Å². The number of aromatic nitrogens is 3. The summed E-state index contributed by atoms with van der Waals surface area (Å²) in [5.41, 5.74) is 1.96. The number of benzene rings is 1. The summed E-state index contributed by atoms with van der Waals surface area (Å²) in [6, 6.07) is 10.1. The Morgan fingerprint density at radius 2 is 1.78 bits per heavy atom. The van der Waals surface area contributed by atoms with E-state index in [9.17, 15) is 4.79 Å². The summed E-state index contributed by atoms with van der Waals surface area (Å²) in [5.74, 6) is 1.34. The van der Waals surface area contributed by atoms with Crippen molar-refractivity contribution in [3.63, 3.8) is 0 Å². The third-order valence-corrected chi connectivity index (χ3v) is 6.08. The normalized spacial score (nSPS) is 13.7. The summed E-state index contributed by atoms with van der Waals surface area (Å²) in [5, 5.41) is 6.20. The van der Waals surface area contributed by atoms with Crippen molar-refractivity contribution in [1.29, 1.82) is 0 Å². The zero-order chi connectivity index (χ0) is 22.5. The van der Waals surface area contributed by atoms with E-state index < -0.39 is 6.03 Å². The van der Waals surface area contributed by atoms with Crippen LogP contribution in [-0.2, 0) is 4.74 Å². The lowest BCUT2D eigenvalue weighted by molar-refractivity contribution is 0.122. The minimum Gasteiger partial charge on any atom is -0.378 e. The third kappa shape index (κ3) is 5.42. The van der Waals surface area contributed by atoms with Gasteiger partial charge < -0.3 is 20.3 Å². The molecule has 1 fully saturated rings. The van der Waals surface area contributed by atoms with Crippen LogP contribution in [0.2, 0.25) is 10.3 Å². The van der Waals surface area contributed by atoms with Gasteiger partial charge in [-0.05, 0) is 42.7 Å². The van der Waals surface area contributed by atoms with Gasteiger partial charge >= 0.3 is 6.03 Å². The van der Waals surface area contributed by atoms with E-state index in [4.69, 9.17) is 32.9 Å². The second-order valence-electron chi connectivity index (χ2n) is 6.82. The molecule has 166 valence electrons. The van der Waals surface area contributed by atoms with E-state index in [-0.39, 0.29) is 0 Å². The molecule has 4 rings (SSSR count). The number of hydrogen-bond acceptors (Lipinski definition) is 7. The molecule has 1 aliphatic heterocycles. The molecule has 2 amide bonds. The van der Waals surface area contributed by atoms with Crippen molar-refractivity contribution in [1.82, 2.24) is 15.0 Å². The Bertz CT molecular complexity index is 1110. The molecule has 2 aromatic heterocycles. The number of anilines is 3. The molecule has 1 aliphatic rings. The number of carbonyl (C=O) groups excluding carboxylic acids is 1. The number of morpholine rings is 1. The van der Waals surface area contributed by atoms with E-state index in [0.29, 0.717) is 40.7 Å². The highest BCUT2D eigenvalue weighted by atomic mass is 35.5. The van der Waals surface area contributed by atoms with Gasteiger partial charge in [0.25, 0.3) is 0 Å². The average molecular weight is 491 g/mol. The minimum absolute atomic E-state index is 0.301. The van der Waals surface area contributed by atoms with Gasteiger partial charge in [-0.1, -0.05) is 23.2 Å². The molecule has 1 saturated heterocycles. The molecule has 11 heteroatoms. The van der Waals surface area contributed by atoms with Crippen molar-refractivity contribution in [3.8, 4) is 11.4 Å². The molecule has 3 heterocycles. The number of thioether (sulfide) groups is 1. The number of nitrogens with zero attached hydrogens (tertiary/aromatic N) is 4. The van der Waals surface area contributed by atoms with Crippen molar-refractivity contribution in [2.45, 2.75) is 4.90 Å². The third-order valence-electron chi connectivity index (χ3n) is 4.71. The van der Waals surface area contributed by atoms with Gasteiger partial charge in [0.1, 0.15) is 16.1 Å². The summed E-state index contributed by atoms with van der Waals surface area (Å²) in [7, 11) is 0. The van der Waals surface area contributed by atoms with Crippen LogP contribution < -0.4 is 15.5 Å². The van der Waals surface area contributed by atoms with Crippen LogP contribution in [0.3, 0.4) is 0 Å². The molecule has 0 aliphatic carbocycles. The first-order chi connectivity index (χ1) is 15.5. The van der Waals surface area contributed by atoms with Gasteiger partial charge in [-0.15, -0.1) is 11.8 Å². The van der Waals surface area contributed by atoms with Gasteiger partial charge in [-0.3, -0.25) is 0 Å². The van der Waals surface area contributed by atoms with E-state index in [1.165, 1.54) is 18.0 Å². The number of pyridine rings is 1. The van der Waals surface area contributed by atoms with Gasteiger partial charge in [-0.25, -0.2) is 19.7 Å². The Labute approximate surface area is 199 Å². The monoisotopic (exact) mass is 490 g/mol. The van der Waals surface area contributed by atoms with Gasteiger partial charge in [0.05, 0.1) is 18.1 Å². The summed E-state index contributed by atoms with van der Waals surface area (Å²) < 4.78 is 5.45. The fourth-order valence-corrected chi connectivity index (χ4v) is 4.32.